The smallest absolute Gasteiger partial charge is 0.296 e. The van der Waals surface area contributed by atoms with E-state index in [1.165, 1.54) is 0 Å². The van der Waals surface area contributed by atoms with Crippen LogP contribution in [0.3, 0.4) is 0 Å². The first kappa shape index (κ1) is 14.3. The van der Waals surface area contributed by atoms with Crippen LogP contribution in [-0.2, 0) is 4.79 Å². The van der Waals surface area contributed by atoms with Crippen LogP contribution in [0, 0.1) is 17.8 Å². The minimum Gasteiger partial charge on any atom is -0.394 e. The first-order chi connectivity index (χ1) is 8.61. The minimum absolute atomic E-state index is 0.0586. The summed E-state index contributed by atoms with van der Waals surface area (Å²) in [6.07, 6.45) is 0.745. The van der Waals surface area contributed by atoms with E-state index in [0.29, 0.717) is 5.92 Å². The topological polar surface area (TPSA) is 49.3 Å². The highest BCUT2D eigenvalue weighted by atomic mass is 16.3. The maximum atomic E-state index is 11.6. The monoisotopic (exact) mass is 245 g/mol. The van der Waals surface area contributed by atoms with Crippen LogP contribution >= 0.6 is 0 Å². The lowest BCUT2D eigenvalue weighted by Crippen LogP contribution is -2.37. The second kappa shape index (κ2) is 7.52. The number of amides is 1. The average Bonchev–Trinajstić information content (AvgIpc) is 2.36. The molecule has 0 aromatic heterocycles. The molecular formula is C15H19NO2. The van der Waals surface area contributed by atoms with Crippen LogP contribution in [-0.4, -0.2) is 23.7 Å². The lowest BCUT2D eigenvalue weighted by atomic mass is 10.0. The number of hydrogen-bond acceptors (Lipinski definition) is 2. The predicted molar refractivity (Wildman–Crippen MR) is 71.8 cm³/mol. The molecule has 0 unspecified atom stereocenters. The van der Waals surface area contributed by atoms with Crippen molar-refractivity contribution >= 4 is 5.91 Å². The molecule has 2 N–H and O–H groups in total. The largest absolute Gasteiger partial charge is 0.394 e. The molecule has 0 saturated carbocycles. The van der Waals surface area contributed by atoms with Crippen molar-refractivity contribution in [1.29, 1.82) is 0 Å². The van der Waals surface area contributed by atoms with Crippen molar-refractivity contribution < 1.29 is 9.90 Å². The number of carbonyl (C=O) groups excluding carboxylic acids is 1. The SMILES string of the molecule is CC(C)C[C@@H](CO)NC(=O)C#Cc1ccccc1. The summed E-state index contributed by atoms with van der Waals surface area (Å²) < 4.78 is 0. The van der Waals surface area contributed by atoms with Gasteiger partial charge in [0.2, 0.25) is 0 Å². The van der Waals surface area contributed by atoms with Gasteiger partial charge in [-0.1, -0.05) is 38.0 Å². The van der Waals surface area contributed by atoms with Crippen LogP contribution in [0.25, 0.3) is 0 Å². The van der Waals surface area contributed by atoms with Crippen LogP contribution < -0.4 is 5.32 Å². The Labute approximate surface area is 108 Å². The van der Waals surface area contributed by atoms with Crippen LogP contribution in [0.1, 0.15) is 25.8 Å². The van der Waals surface area contributed by atoms with E-state index < -0.39 is 0 Å². The fourth-order valence-corrected chi connectivity index (χ4v) is 1.62. The summed E-state index contributed by atoms with van der Waals surface area (Å²) in [5.41, 5.74) is 0.803. The molecule has 3 nitrogen and oxygen atoms in total. The summed E-state index contributed by atoms with van der Waals surface area (Å²) in [6.45, 7) is 4.03. The van der Waals surface area contributed by atoms with Crippen LogP contribution in [0.5, 0.6) is 0 Å². The third kappa shape index (κ3) is 5.51. The quantitative estimate of drug-likeness (QED) is 0.791. The van der Waals surface area contributed by atoms with Gasteiger partial charge in [0.25, 0.3) is 5.91 Å². The molecule has 1 aromatic rings. The zero-order valence-corrected chi connectivity index (χ0v) is 10.8. The molecular weight excluding hydrogens is 226 g/mol. The number of aliphatic hydroxyl groups is 1. The van der Waals surface area contributed by atoms with Crippen molar-refractivity contribution in [3.8, 4) is 11.8 Å². The molecule has 0 aliphatic carbocycles. The zero-order valence-electron chi connectivity index (χ0n) is 10.8. The molecule has 0 aliphatic heterocycles. The van der Waals surface area contributed by atoms with E-state index in [4.69, 9.17) is 5.11 Å². The zero-order chi connectivity index (χ0) is 13.4. The minimum atomic E-state index is -0.349. The fraction of sp³-hybridized carbons (Fsp3) is 0.400. The van der Waals surface area contributed by atoms with Crippen LogP contribution in [0.15, 0.2) is 30.3 Å². The molecule has 1 rings (SSSR count). The number of aliphatic hydroxyl groups excluding tert-OH is 1. The van der Waals surface area contributed by atoms with Crippen molar-refractivity contribution in [2.75, 3.05) is 6.61 Å². The van der Waals surface area contributed by atoms with Gasteiger partial charge in [-0.2, -0.15) is 0 Å². The molecule has 1 aromatic carbocycles. The Morgan fingerprint density at radius 1 is 1.33 bits per heavy atom. The van der Waals surface area contributed by atoms with E-state index >= 15 is 0 Å². The van der Waals surface area contributed by atoms with Crippen molar-refractivity contribution in [3.05, 3.63) is 35.9 Å². The third-order valence-corrected chi connectivity index (χ3v) is 2.41. The maximum Gasteiger partial charge on any atom is 0.296 e. The summed E-state index contributed by atoms with van der Waals surface area (Å²) >= 11 is 0. The van der Waals surface area contributed by atoms with Gasteiger partial charge in [0, 0.05) is 11.5 Å². The molecule has 96 valence electrons. The fourth-order valence-electron chi connectivity index (χ4n) is 1.62. The molecule has 0 bridgehead atoms. The highest BCUT2D eigenvalue weighted by Gasteiger charge is 2.11. The van der Waals surface area contributed by atoms with Crippen LogP contribution in [0.4, 0.5) is 0 Å². The molecule has 1 amide bonds. The molecule has 0 heterocycles. The lowest BCUT2D eigenvalue weighted by Gasteiger charge is -2.16. The number of nitrogens with one attached hydrogen (secondary N) is 1. The average molecular weight is 245 g/mol. The molecule has 1 atom stereocenters. The number of benzene rings is 1. The van der Waals surface area contributed by atoms with Gasteiger partial charge >= 0.3 is 0 Å². The summed E-state index contributed by atoms with van der Waals surface area (Å²) in [7, 11) is 0. The van der Waals surface area contributed by atoms with Gasteiger partial charge in [0.1, 0.15) is 0 Å². The standard InChI is InChI=1S/C15H19NO2/c1-12(2)10-14(11-17)16-15(18)9-8-13-6-4-3-5-7-13/h3-7,12,14,17H,10-11H2,1-2H3,(H,16,18)/t14-/m0/s1. The highest BCUT2D eigenvalue weighted by Crippen LogP contribution is 2.03. The second-order valence-corrected chi connectivity index (χ2v) is 4.60. The number of rotatable bonds is 4. The Bertz CT molecular complexity index is 429. The highest BCUT2D eigenvalue weighted by molar-refractivity contribution is 5.94. The molecule has 0 saturated heterocycles. The van der Waals surface area contributed by atoms with E-state index in [-0.39, 0.29) is 18.6 Å². The van der Waals surface area contributed by atoms with Gasteiger partial charge < -0.3 is 10.4 Å². The second-order valence-electron chi connectivity index (χ2n) is 4.60. The Hall–Kier alpha value is -1.79. The molecule has 3 heteroatoms. The first-order valence-corrected chi connectivity index (χ1v) is 6.10. The number of carbonyl (C=O) groups is 1. The van der Waals surface area contributed by atoms with Crippen molar-refractivity contribution in [2.45, 2.75) is 26.3 Å². The molecule has 0 aliphatic rings. The van der Waals surface area contributed by atoms with Gasteiger partial charge in [-0.3, -0.25) is 4.79 Å². The van der Waals surface area contributed by atoms with E-state index in [1.54, 1.807) is 0 Å². The summed E-state index contributed by atoms with van der Waals surface area (Å²) in [5.74, 6) is 5.38. The number of hydrogen-bond donors (Lipinski definition) is 2. The van der Waals surface area contributed by atoms with E-state index in [1.807, 2.05) is 44.2 Å². The summed E-state index contributed by atoms with van der Waals surface area (Å²) in [4.78, 5) is 11.6. The van der Waals surface area contributed by atoms with E-state index in [0.717, 1.165) is 12.0 Å². The van der Waals surface area contributed by atoms with Crippen LogP contribution in [0.2, 0.25) is 0 Å². The first-order valence-electron chi connectivity index (χ1n) is 6.10. The molecule has 0 fully saturated rings. The molecule has 0 radical (unpaired) electrons. The van der Waals surface area contributed by atoms with Crippen molar-refractivity contribution in [2.24, 2.45) is 5.92 Å². The Balaban J connectivity index is 2.53. The molecule has 0 spiro atoms. The normalized spacial score (nSPS) is 11.6. The van der Waals surface area contributed by atoms with E-state index in [9.17, 15) is 4.79 Å². The Morgan fingerprint density at radius 2 is 2.00 bits per heavy atom. The van der Waals surface area contributed by atoms with Gasteiger partial charge in [0.05, 0.1) is 12.6 Å². The predicted octanol–water partition coefficient (Wildman–Crippen LogP) is 1.56. The van der Waals surface area contributed by atoms with Gasteiger partial charge in [0.15, 0.2) is 0 Å². The third-order valence-electron chi connectivity index (χ3n) is 2.41. The van der Waals surface area contributed by atoms with E-state index in [2.05, 4.69) is 17.2 Å². The Morgan fingerprint density at radius 3 is 2.56 bits per heavy atom. The lowest BCUT2D eigenvalue weighted by molar-refractivity contribution is -0.116. The van der Waals surface area contributed by atoms with Gasteiger partial charge in [-0.05, 0) is 24.5 Å². The Kier molecular flexibility index (Phi) is 5.96. The van der Waals surface area contributed by atoms with Crippen molar-refractivity contribution in [3.63, 3.8) is 0 Å². The van der Waals surface area contributed by atoms with Gasteiger partial charge in [-0.15, -0.1) is 0 Å². The maximum absolute atomic E-state index is 11.6. The van der Waals surface area contributed by atoms with Gasteiger partial charge in [-0.25, -0.2) is 0 Å². The van der Waals surface area contributed by atoms with Crippen molar-refractivity contribution in [1.82, 2.24) is 5.32 Å². The summed E-state index contributed by atoms with van der Waals surface area (Å²) in [5, 5.41) is 11.9. The molecule has 18 heavy (non-hydrogen) atoms. The summed E-state index contributed by atoms with van der Waals surface area (Å²) in [6, 6.07) is 9.11.